The maximum absolute atomic E-state index is 13.9. The van der Waals surface area contributed by atoms with Crippen molar-refractivity contribution < 1.29 is 41.0 Å². The van der Waals surface area contributed by atoms with E-state index >= 15 is 0 Å². The molecule has 1 amide bonds. The van der Waals surface area contributed by atoms with E-state index in [1.807, 2.05) is 97.1 Å². The van der Waals surface area contributed by atoms with Crippen molar-refractivity contribution in [2.24, 2.45) is 9.98 Å². The second-order valence-electron chi connectivity index (χ2n) is 13.9. The van der Waals surface area contributed by atoms with Gasteiger partial charge in [0.2, 0.25) is 0 Å². The quantitative estimate of drug-likeness (QED) is 0.0985. The van der Waals surface area contributed by atoms with E-state index in [2.05, 4.69) is 15.2 Å². The number of carbonyl (C=O) groups excluding carboxylic acids is 2. The first-order valence-corrected chi connectivity index (χ1v) is 17.5. The second kappa shape index (κ2) is 17.5. The zero-order chi connectivity index (χ0) is 36.7. The van der Waals surface area contributed by atoms with Gasteiger partial charge in [0, 0.05) is 23.7 Å². The number of carboxylic acids is 1. The van der Waals surface area contributed by atoms with E-state index < -0.39 is 35.8 Å². The maximum atomic E-state index is 13.9. The van der Waals surface area contributed by atoms with Crippen LogP contribution in [-0.4, -0.2) is 52.8 Å². The van der Waals surface area contributed by atoms with Crippen LogP contribution in [0.1, 0.15) is 61.9 Å². The predicted octanol–water partition coefficient (Wildman–Crippen LogP) is 6.11. The van der Waals surface area contributed by atoms with Gasteiger partial charge in [-0.2, -0.15) is 0 Å². The number of likely N-dealkylation sites (tertiary alicyclic amines) is 1. The molecule has 0 aliphatic carbocycles. The number of aliphatic carboxylic acids is 1. The van der Waals surface area contributed by atoms with Gasteiger partial charge in [-0.25, -0.2) is 4.79 Å². The van der Waals surface area contributed by atoms with Crippen LogP contribution in [0, 0.1) is 0 Å². The molecule has 6 rings (SSSR count). The number of carbonyl (C=O) groups is 2. The third-order valence-electron chi connectivity index (χ3n) is 8.94. The number of ether oxygens (including phenoxy) is 1. The minimum absolute atomic E-state index is 0. The fourth-order valence-electron chi connectivity index (χ4n) is 6.56. The maximum Gasteiger partial charge on any atom is 2.00 e. The molecule has 1 aliphatic heterocycles. The first-order chi connectivity index (χ1) is 25.1. The largest absolute Gasteiger partial charge is 2.00 e. The normalized spacial score (nSPS) is 16.4. The molecule has 5 aromatic carbocycles. The van der Waals surface area contributed by atoms with Gasteiger partial charge in [0.1, 0.15) is 11.6 Å². The summed E-state index contributed by atoms with van der Waals surface area (Å²) >= 11 is 0. The summed E-state index contributed by atoms with van der Waals surface area (Å²) in [7, 11) is 0. The third kappa shape index (κ3) is 9.98. The van der Waals surface area contributed by atoms with Crippen molar-refractivity contribution in [1.29, 1.82) is 0 Å². The summed E-state index contributed by atoms with van der Waals surface area (Å²) in [5, 5.41) is 31.6. The fraction of sp³-hybridized carbons (Fsp3) is 0.256. The molecule has 5 aromatic rings. The van der Waals surface area contributed by atoms with Gasteiger partial charge in [-0.1, -0.05) is 115 Å². The number of para-hydroxylation sites is 1. The summed E-state index contributed by atoms with van der Waals surface area (Å²) < 4.78 is 5.57. The van der Waals surface area contributed by atoms with E-state index in [1.165, 1.54) is 0 Å². The summed E-state index contributed by atoms with van der Waals surface area (Å²) in [5.41, 5.74) is 2.50. The van der Waals surface area contributed by atoms with Crippen LogP contribution >= 0.6 is 0 Å². The molecule has 1 saturated heterocycles. The van der Waals surface area contributed by atoms with Crippen molar-refractivity contribution in [2.45, 2.75) is 63.9 Å². The Morgan fingerprint density at radius 2 is 1.49 bits per heavy atom. The van der Waals surface area contributed by atoms with Gasteiger partial charge >= 0.3 is 22.6 Å². The number of fused-ring (bicyclic) bond motifs is 1. The number of carboxylic acid groups (broad SMARTS) is 1. The molecule has 1 aliphatic rings. The zero-order valence-corrected chi connectivity index (χ0v) is 30.9. The molecule has 0 radical (unpaired) electrons. The Kier molecular flexibility index (Phi) is 12.8. The van der Waals surface area contributed by atoms with Gasteiger partial charge in [-0.05, 0) is 80.1 Å². The van der Waals surface area contributed by atoms with Crippen molar-refractivity contribution in [3.8, 4) is 0 Å². The number of nitrogens with zero attached hydrogens (tertiary/aromatic N) is 3. The van der Waals surface area contributed by atoms with E-state index in [-0.39, 0.29) is 28.1 Å². The molecular weight excluding hydrogens is 711 g/mol. The number of aliphatic imine (C=N–C) groups is 2. The van der Waals surface area contributed by atoms with Crippen molar-refractivity contribution in [3.05, 3.63) is 150 Å². The number of amides is 1. The number of nitrogens with one attached hydrogen (secondary N) is 1. The Morgan fingerprint density at radius 1 is 0.849 bits per heavy atom. The van der Waals surface area contributed by atoms with Gasteiger partial charge in [0.05, 0.1) is 23.4 Å². The van der Waals surface area contributed by atoms with E-state index in [1.54, 1.807) is 51.1 Å². The van der Waals surface area contributed by atoms with Gasteiger partial charge < -0.3 is 25.1 Å². The predicted molar refractivity (Wildman–Crippen MR) is 200 cm³/mol. The molecule has 1 N–H and O–H groups in total. The van der Waals surface area contributed by atoms with Gasteiger partial charge in [0.15, 0.2) is 0 Å². The van der Waals surface area contributed by atoms with E-state index in [0.29, 0.717) is 35.3 Å². The number of rotatable bonds is 11. The molecule has 1 fully saturated rings. The summed E-state index contributed by atoms with van der Waals surface area (Å²) in [6.07, 6.45) is 0.768. The minimum atomic E-state index is -1.61. The van der Waals surface area contributed by atoms with E-state index in [9.17, 15) is 19.8 Å². The summed E-state index contributed by atoms with van der Waals surface area (Å²) in [5.74, 6) is -1.78. The standard InChI is InChI=1S/C43H44N4O5.Ni/c1-43(2,3)52-42(51)46-38(33-25-24-30-17-10-11-20-32(30)27-33)39(41(49)50)45-37(31-18-8-5-9-19-31)34-21-12-13-22-35(34)44-40(48)36-23-14-26-47(36)28-29-15-6-4-7-16-29;/h4-13,15-22,24-25,27,36,38-39H,14,23,26,28H2,1-3H3,(H,44,48)(H,46,51)(H,49,50);/q;+2/p-2/t36-,38+,39-;/m1./s1. The van der Waals surface area contributed by atoms with E-state index in [4.69, 9.17) is 9.73 Å². The average molecular weight is 754 g/mol. The van der Waals surface area contributed by atoms with Crippen molar-refractivity contribution in [3.63, 3.8) is 0 Å². The molecule has 0 saturated carbocycles. The van der Waals surface area contributed by atoms with Crippen LogP contribution in [0.4, 0.5) is 10.5 Å². The van der Waals surface area contributed by atoms with Crippen LogP contribution in [0.25, 0.3) is 10.8 Å². The Bertz CT molecular complexity index is 2080. The topological polar surface area (TPSA) is 129 Å². The molecule has 10 heteroatoms. The molecule has 274 valence electrons. The van der Waals surface area contributed by atoms with Crippen LogP contribution < -0.4 is 15.5 Å². The number of benzene rings is 5. The molecule has 9 nitrogen and oxygen atoms in total. The van der Waals surface area contributed by atoms with E-state index in [0.717, 1.165) is 29.3 Å². The molecule has 1 heterocycles. The molecule has 0 bridgehead atoms. The minimum Gasteiger partial charge on any atom is -0.861 e. The van der Waals surface area contributed by atoms with Crippen LogP contribution in [0.3, 0.4) is 0 Å². The first kappa shape index (κ1) is 38.9. The summed E-state index contributed by atoms with van der Waals surface area (Å²) in [6.45, 7) is 6.61. The summed E-state index contributed by atoms with van der Waals surface area (Å²) in [4.78, 5) is 38.1. The monoisotopic (exact) mass is 752 g/mol. The second-order valence-corrected chi connectivity index (χ2v) is 13.9. The SMILES string of the molecule is CC(C)(C)OC(=O)N[C@@H](c1ccc2ccccc2c1)[C@@H](N=C(c1ccccc1)c1ccccc1N=C([O-])[C@H]1CCCN1Cc1ccccc1)C(=O)[O-].[Ni+2]. The number of alkyl carbamates (subject to hydrolysis) is 1. The fourth-order valence-corrected chi connectivity index (χ4v) is 6.56. The smallest absolute Gasteiger partial charge is 0.861 e. The zero-order valence-electron chi connectivity index (χ0n) is 29.9. The number of hydrogen-bond donors (Lipinski definition) is 1. The third-order valence-corrected chi connectivity index (χ3v) is 8.94. The molecule has 0 unspecified atom stereocenters. The first-order valence-electron chi connectivity index (χ1n) is 17.5. The average Bonchev–Trinajstić information content (AvgIpc) is 3.60. The number of hydrogen-bond acceptors (Lipinski definition) is 8. The summed E-state index contributed by atoms with van der Waals surface area (Å²) in [6, 6.07) is 36.2. The van der Waals surface area contributed by atoms with Gasteiger partial charge in [-0.15, -0.1) is 0 Å². The Balaban J connectivity index is 0.00000541. The van der Waals surface area contributed by atoms with Gasteiger partial charge in [0.25, 0.3) is 0 Å². The molecular formula is C43H42N4NiO5. The van der Waals surface area contributed by atoms with Crippen molar-refractivity contribution in [2.75, 3.05) is 6.54 Å². The molecule has 0 aromatic heterocycles. The van der Waals surface area contributed by atoms with Crippen LogP contribution in [0.2, 0.25) is 0 Å². The molecule has 3 atom stereocenters. The molecule has 0 spiro atoms. The van der Waals surface area contributed by atoms with Gasteiger partial charge in [-0.3, -0.25) is 14.9 Å². The van der Waals surface area contributed by atoms with Crippen molar-refractivity contribution in [1.82, 2.24) is 10.2 Å². The Morgan fingerprint density at radius 3 is 2.19 bits per heavy atom. The van der Waals surface area contributed by atoms with Crippen LogP contribution in [0.5, 0.6) is 0 Å². The molecule has 53 heavy (non-hydrogen) atoms. The van der Waals surface area contributed by atoms with Crippen LogP contribution in [0.15, 0.2) is 137 Å². The Hall–Kier alpha value is -5.31. The van der Waals surface area contributed by atoms with Crippen molar-refractivity contribution >= 4 is 40.1 Å². The van der Waals surface area contributed by atoms with Crippen LogP contribution in [-0.2, 0) is 32.6 Å². The Labute approximate surface area is 320 Å².